The van der Waals surface area contributed by atoms with Gasteiger partial charge in [0.1, 0.15) is 6.33 Å². The molecule has 8 heteroatoms. The molecule has 7 nitrogen and oxygen atoms in total. The van der Waals surface area contributed by atoms with E-state index in [4.69, 9.17) is 5.73 Å². The lowest BCUT2D eigenvalue weighted by Gasteiger charge is -2.03. The average molecular weight is 353 g/mol. The highest BCUT2D eigenvalue weighted by atomic mass is 32.2. The summed E-state index contributed by atoms with van der Waals surface area (Å²) in [5.74, 6) is 0.174. The molecular weight excluding hydrogens is 338 g/mol. The van der Waals surface area contributed by atoms with Gasteiger partial charge in [-0.05, 0) is 36.4 Å². The highest BCUT2D eigenvalue weighted by molar-refractivity contribution is 7.99. The van der Waals surface area contributed by atoms with Crippen molar-refractivity contribution < 1.29 is 9.59 Å². The number of hydrogen-bond donors (Lipinski definition) is 2. The molecule has 0 aliphatic carbocycles. The summed E-state index contributed by atoms with van der Waals surface area (Å²) in [6, 6.07) is 15.5. The quantitative estimate of drug-likeness (QED) is 0.524. The van der Waals surface area contributed by atoms with Gasteiger partial charge in [-0.2, -0.15) is 0 Å². The summed E-state index contributed by atoms with van der Waals surface area (Å²) in [6.45, 7) is 0. The molecule has 2 amide bonds. The van der Waals surface area contributed by atoms with Gasteiger partial charge in [0.15, 0.2) is 5.78 Å². The number of ketones is 1. The zero-order valence-electron chi connectivity index (χ0n) is 13.1. The van der Waals surface area contributed by atoms with Crippen molar-refractivity contribution in [1.82, 2.24) is 14.8 Å². The number of amides is 2. The Morgan fingerprint density at radius 1 is 1.08 bits per heavy atom. The molecule has 0 aliphatic rings. The van der Waals surface area contributed by atoms with Gasteiger partial charge in [-0.3, -0.25) is 4.79 Å². The number of rotatable bonds is 6. The number of nitrogens with two attached hydrogens (primary N) is 1. The van der Waals surface area contributed by atoms with Gasteiger partial charge >= 0.3 is 6.03 Å². The molecule has 25 heavy (non-hydrogen) atoms. The molecular formula is C17H15N5O2S. The third-order valence-electron chi connectivity index (χ3n) is 3.30. The van der Waals surface area contributed by atoms with Crippen LogP contribution in [0.3, 0.4) is 0 Å². The van der Waals surface area contributed by atoms with Crippen LogP contribution in [0.2, 0.25) is 0 Å². The zero-order chi connectivity index (χ0) is 17.6. The minimum atomic E-state index is -0.644. The van der Waals surface area contributed by atoms with Crippen LogP contribution in [-0.2, 0) is 0 Å². The summed E-state index contributed by atoms with van der Waals surface area (Å²) >= 11 is 1.27. The maximum Gasteiger partial charge on any atom is 0.316 e. The second kappa shape index (κ2) is 7.63. The molecule has 0 radical (unpaired) electrons. The molecule has 0 spiro atoms. The molecule has 0 bridgehead atoms. The summed E-state index contributed by atoms with van der Waals surface area (Å²) < 4.78 is 1.66. The molecule has 0 saturated carbocycles. The van der Waals surface area contributed by atoms with Crippen molar-refractivity contribution >= 4 is 29.3 Å². The third kappa shape index (κ3) is 4.45. The van der Waals surface area contributed by atoms with Gasteiger partial charge in [0, 0.05) is 11.3 Å². The molecule has 3 rings (SSSR count). The normalized spacial score (nSPS) is 10.4. The lowest BCUT2D eigenvalue weighted by Crippen LogP contribution is -2.19. The number of benzene rings is 2. The van der Waals surface area contributed by atoms with Crippen LogP contribution in [0.25, 0.3) is 5.69 Å². The van der Waals surface area contributed by atoms with Crippen molar-refractivity contribution in [3.05, 3.63) is 66.5 Å². The fourth-order valence-electron chi connectivity index (χ4n) is 2.11. The van der Waals surface area contributed by atoms with Gasteiger partial charge in [0.25, 0.3) is 0 Å². The van der Waals surface area contributed by atoms with E-state index in [2.05, 4.69) is 15.4 Å². The fraction of sp³-hybridized carbons (Fsp3) is 0.0588. The number of nitrogens with one attached hydrogen (secondary N) is 1. The maximum atomic E-state index is 12.2. The zero-order valence-corrected chi connectivity index (χ0v) is 13.9. The van der Waals surface area contributed by atoms with Gasteiger partial charge < -0.3 is 11.1 Å². The topological polar surface area (TPSA) is 103 Å². The highest BCUT2D eigenvalue weighted by Crippen LogP contribution is 2.17. The van der Waals surface area contributed by atoms with Crippen LogP contribution in [0.15, 0.2) is 66.1 Å². The SMILES string of the molecule is NC(=O)Nc1ccc(C(=O)CSc2ncn(-c3ccccc3)n2)cc1. The monoisotopic (exact) mass is 353 g/mol. The van der Waals surface area contributed by atoms with E-state index in [9.17, 15) is 9.59 Å². The number of urea groups is 1. The maximum absolute atomic E-state index is 12.2. The Morgan fingerprint density at radius 2 is 1.80 bits per heavy atom. The standard InChI is InChI=1S/C17H15N5O2S/c18-16(24)20-13-8-6-12(7-9-13)15(23)10-25-17-19-11-22(21-17)14-4-2-1-3-5-14/h1-9,11H,10H2,(H3,18,20,24). The number of aromatic nitrogens is 3. The number of thioether (sulfide) groups is 1. The first kappa shape index (κ1) is 16.7. The van der Waals surface area contributed by atoms with Crippen molar-refractivity contribution in [1.29, 1.82) is 0 Å². The van der Waals surface area contributed by atoms with Crippen LogP contribution in [0, 0.1) is 0 Å². The second-order valence-electron chi connectivity index (χ2n) is 5.09. The van der Waals surface area contributed by atoms with Gasteiger partial charge in [-0.25, -0.2) is 14.5 Å². The Hall–Kier alpha value is -3.13. The van der Waals surface area contributed by atoms with Crippen molar-refractivity contribution in [2.45, 2.75) is 5.16 Å². The molecule has 0 fully saturated rings. The van der Waals surface area contributed by atoms with E-state index in [0.717, 1.165) is 5.69 Å². The number of hydrogen-bond acceptors (Lipinski definition) is 5. The number of primary amides is 1. The van der Waals surface area contributed by atoms with Gasteiger partial charge in [-0.15, -0.1) is 5.10 Å². The number of carbonyl (C=O) groups is 2. The molecule has 0 atom stereocenters. The van der Waals surface area contributed by atoms with Crippen LogP contribution in [0.4, 0.5) is 10.5 Å². The highest BCUT2D eigenvalue weighted by Gasteiger charge is 2.10. The molecule has 0 saturated heterocycles. The molecule has 1 heterocycles. The van der Waals surface area contributed by atoms with Gasteiger partial charge in [0.2, 0.25) is 5.16 Å². The lowest BCUT2D eigenvalue weighted by molar-refractivity contribution is 0.102. The Morgan fingerprint density at radius 3 is 2.48 bits per heavy atom. The lowest BCUT2D eigenvalue weighted by atomic mass is 10.1. The van der Waals surface area contributed by atoms with E-state index in [-0.39, 0.29) is 11.5 Å². The summed E-state index contributed by atoms with van der Waals surface area (Å²) in [6.07, 6.45) is 1.62. The van der Waals surface area contributed by atoms with Crippen LogP contribution in [-0.4, -0.2) is 32.3 Å². The number of anilines is 1. The van der Waals surface area contributed by atoms with Crippen LogP contribution in [0.1, 0.15) is 10.4 Å². The van der Waals surface area contributed by atoms with E-state index in [1.165, 1.54) is 11.8 Å². The molecule has 0 aliphatic heterocycles. The fourth-order valence-corrected chi connectivity index (χ4v) is 2.81. The molecule has 3 aromatic rings. The first-order valence-electron chi connectivity index (χ1n) is 7.41. The number of nitrogens with zero attached hydrogens (tertiary/aromatic N) is 3. The van der Waals surface area contributed by atoms with E-state index in [1.54, 1.807) is 35.3 Å². The van der Waals surface area contributed by atoms with E-state index >= 15 is 0 Å². The largest absolute Gasteiger partial charge is 0.351 e. The first-order chi connectivity index (χ1) is 12.1. The minimum Gasteiger partial charge on any atom is -0.351 e. The number of carbonyl (C=O) groups excluding carboxylic acids is 2. The summed E-state index contributed by atoms with van der Waals surface area (Å²) in [5, 5.41) is 7.33. The Balaban J connectivity index is 1.59. The van der Waals surface area contributed by atoms with Crippen molar-refractivity contribution in [3.8, 4) is 5.69 Å². The molecule has 3 N–H and O–H groups in total. The first-order valence-corrected chi connectivity index (χ1v) is 8.40. The molecule has 0 unspecified atom stereocenters. The Bertz CT molecular complexity index is 878. The molecule has 2 aromatic carbocycles. The molecule has 126 valence electrons. The second-order valence-corrected chi connectivity index (χ2v) is 6.03. The summed E-state index contributed by atoms with van der Waals surface area (Å²) in [7, 11) is 0. The summed E-state index contributed by atoms with van der Waals surface area (Å²) in [5.41, 5.74) is 7.04. The van der Waals surface area contributed by atoms with Crippen LogP contribution >= 0.6 is 11.8 Å². The van der Waals surface area contributed by atoms with Gasteiger partial charge in [-0.1, -0.05) is 30.0 Å². The van der Waals surface area contributed by atoms with Crippen molar-refractivity contribution in [2.75, 3.05) is 11.1 Å². The summed E-state index contributed by atoms with van der Waals surface area (Å²) in [4.78, 5) is 27.2. The predicted molar refractivity (Wildman–Crippen MR) is 96.1 cm³/mol. The van der Waals surface area contributed by atoms with Gasteiger partial charge in [0.05, 0.1) is 11.4 Å². The van der Waals surface area contributed by atoms with E-state index in [1.807, 2.05) is 30.3 Å². The van der Waals surface area contributed by atoms with E-state index < -0.39 is 6.03 Å². The minimum absolute atomic E-state index is 0.0494. The van der Waals surface area contributed by atoms with Crippen LogP contribution < -0.4 is 11.1 Å². The predicted octanol–water partition coefficient (Wildman–Crippen LogP) is 2.73. The van der Waals surface area contributed by atoms with Crippen molar-refractivity contribution in [3.63, 3.8) is 0 Å². The van der Waals surface area contributed by atoms with Crippen molar-refractivity contribution in [2.24, 2.45) is 5.73 Å². The van der Waals surface area contributed by atoms with Crippen LogP contribution in [0.5, 0.6) is 0 Å². The average Bonchev–Trinajstić information content (AvgIpc) is 3.10. The smallest absolute Gasteiger partial charge is 0.316 e. The molecule has 1 aromatic heterocycles. The Kier molecular flexibility index (Phi) is 5.10. The third-order valence-corrected chi connectivity index (χ3v) is 4.15. The number of Topliss-reactive ketones (excluding diaryl/α,β-unsaturated/α-hetero) is 1. The Labute approximate surface area is 148 Å². The number of para-hydroxylation sites is 1. The van der Waals surface area contributed by atoms with E-state index in [0.29, 0.717) is 16.4 Å².